The second-order valence-corrected chi connectivity index (χ2v) is 5.14. The van der Waals surface area contributed by atoms with Gasteiger partial charge >= 0.3 is 5.69 Å². The number of rotatable bonds is 6. The van der Waals surface area contributed by atoms with Gasteiger partial charge in [-0.25, -0.2) is 14.3 Å². The number of aromatic nitrogens is 3. The van der Waals surface area contributed by atoms with E-state index in [4.69, 9.17) is 0 Å². The Bertz CT molecular complexity index is 594. The fourth-order valence-electron chi connectivity index (χ4n) is 1.68. The standard InChI is InChI=1S/C13H16FN3OS/c1-2-3-8-17-12(18)15-16-13(17)19-9-10-6-4-5-7-11(10)14/h4-7H,2-3,8-9H2,1H3,(H,15,18). The van der Waals surface area contributed by atoms with Crippen molar-refractivity contribution >= 4 is 11.8 Å². The highest BCUT2D eigenvalue weighted by molar-refractivity contribution is 7.98. The van der Waals surface area contributed by atoms with Crippen molar-refractivity contribution in [3.05, 3.63) is 46.1 Å². The molecule has 2 aromatic rings. The molecule has 4 nitrogen and oxygen atoms in total. The molecular formula is C13H16FN3OS. The quantitative estimate of drug-likeness (QED) is 0.828. The van der Waals surface area contributed by atoms with Crippen LogP contribution in [0.4, 0.5) is 4.39 Å². The molecule has 0 aliphatic carbocycles. The van der Waals surface area contributed by atoms with Crippen molar-refractivity contribution in [2.45, 2.75) is 37.2 Å². The number of nitrogens with one attached hydrogen (secondary N) is 1. The number of nitrogens with zero attached hydrogens (tertiary/aromatic N) is 2. The smallest absolute Gasteiger partial charge is 0.270 e. The Labute approximate surface area is 115 Å². The molecule has 1 N–H and O–H groups in total. The summed E-state index contributed by atoms with van der Waals surface area (Å²) < 4.78 is 15.1. The normalized spacial score (nSPS) is 10.8. The summed E-state index contributed by atoms with van der Waals surface area (Å²) >= 11 is 1.37. The van der Waals surface area contributed by atoms with Crippen LogP contribution in [0.5, 0.6) is 0 Å². The Hall–Kier alpha value is -1.56. The first-order valence-electron chi connectivity index (χ1n) is 6.23. The molecule has 0 spiro atoms. The molecule has 0 bridgehead atoms. The van der Waals surface area contributed by atoms with Crippen molar-refractivity contribution in [2.75, 3.05) is 0 Å². The van der Waals surface area contributed by atoms with E-state index >= 15 is 0 Å². The highest BCUT2D eigenvalue weighted by Gasteiger charge is 2.09. The highest BCUT2D eigenvalue weighted by Crippen LogP contribution is 2.21. The summed E-state index contributed by atoms with van der Waals surface area (Å²) in [5.74, 6) is 0.233. The van der Waals surface area contributed by atoms with Crippen molar-refractivity contribution in [3.63, 3.8) is 0 Å². The monoisotopic (exact) mass is 281 g/mol. The lowest BCUT2D eigenvalue weighted by molar-refractivity contribution is 0.572. The van der Waals surface area contributed by atoms with Gasteiger partial charge in [-0.15, -0.1) is 5.10 Å². The molecule has 0 saturated carbocycles. The first-order chi connectivity index (χ1) is 9.22. The molecule has 2 rings (SSSR count). The van der Waals surface area contributed by atoms with Crippen LogP contribution in [0.15, 0.2) is 34.2 Å². The lowest BCUT2D eigenvalue weighted by Crippen LogP contribution is -2.17. The summed E-state index contributed by atoms with van der Waals surface area (Å²) in [5.41, 5.74) is 0.412. The van der Waals surface area contributed by atoms with Crippen LogP contribution in [0.1, 0.15) is 25.3 Å². The fourth-order valence-corrected chi connectivity index (χ4v) is 2.64. The van der Waals surface area contributed by atoms with Gasteiger partial charge in [0.25, 0.3) is 0 Å². The van der Waals surface area contributed by atoms with Crippen LogP contribution in [-0.4, -0.2) is 14.8 Å². The van der Waals surface area contributed by atoms with Crippen molar-refractivity contribution in [1.29, 1.82) is 0 Å². The molecule has 0 fully saturated rings. The van der Waals surface area contributed by atoms with E-state index in [-0.39, 0.29) is 11.5 Å². The predicted molar refractivity (Wildman–Crippen MR) is 73.7 cm³/mol. The maximum absolute atomic E-state index is 13.5. The zero-order chi connectivity index (χ0) is 13.7. The third kappa shape index (κ3) is 3.47. The molecule has 0 amide bonds. The van der Waals surface area contributed by atoms with Crippen molar-refractivity contribution in [3.8, 4) is 0 Å². The summed E-state index contributed by atoms with van der Waals surface area (Å²) in [4.78, 5) is 11.6. The average Bonchev–Trinajstić information content (AvgIpc) is 2.76. The molecular weight excluding hydrogens is 265 g/mol. The average molecular weight is 281 g/mol. The molecule has 1 heterocycles. The van der Waals surface area contributed by atoms with Gasteiger partial charge in [0.05, 0.1) is 0 Å². The van der Waals surface area contributed by atoms with Gasteiger partial charge in [0.1, 0.15) is 5.82 Å². The zero-order valence-corrected chi connectivity index (χ0v) is 11.5. The largest absolute Gasteiger partial charge is 0.343 e. The maximum Gasteiger partial charge on any atom is 0.343 e. The van der Waals surface area contributed by atoms with Gasteiger partial charge in [-0.1, -0.05) is 43.3 Å². The minimum absolute atomic E-state index is 0.204. The Morgan fingerprint density at radius 3 is 2.95 bits per heavy atom. The molecule has 19 heavy (non-hydrogen) atoms. The summed E-state index contributed by atoms with van der Waals surface area (Å²) in [6, 6.07) is 6.64. The van der Waals surface area contributed by atoms with Gasteiger partial charge in [0.15, 0.2) is 5.16 Å². The van der Waals surface area contributed by atoms with E-state index in [1.807, 2.05) is 0 Å². The predicted octanol–water partition coefficient (Wildman–Crippen LogP) is 2.80. The Morgan fingerprint density at radius 2 is 2.21 bits per heavy atom. The van der Waals surface area contributed by atoms with Crippen LogP contribution in [0.3, 0.4) is 0 Å². The summed E-state index contributed by atoms with van der Waals surface area (Å²) in [5, 5.41) is 7.03. The van der Waals surface area contributed by atoms with E-state index in [0.717, 1.165) is 12.8 Å². The number of aromatic amines is 1. The van der Waals surface area contributed by atoms with Gasteiger partial charge in [-0.3, -0.25) is 4.57 Å². The second kappa shape index (κ2) is 6.56. The van der Waals surface area contributed by atoms with Gasteiger partial charge in [0.2, 0.25) is 0 Å². The van der Waals surface area contributed by atoms with Gasteiger partial charge in [-0.2, -0.15) is 0 Å². The van der Waals surface area contributed by atoms with Gasteiger partial charge in [0, 0.05) is 12.3 Å². The van der Waals surface area contributed by atoms with E-state index in [0.29, 0.717) is 23.0 Å². The number of benzene rings is 1. The summed E-state index contributed by atoms with van der Waals surface area (Å²) in [6.07, 6.45) is 1.93. The topological polar surface area (TPSA) is 50.7 Å². The van der Waals surface area contributed by atoms with Crippen LogP contribution < -0.4 is 5.69 Å². The second-order valence-electron chi connectivity index (χ2n) is 4.20. The number of hydrogen-bond acceptors (Lipinski definition) is 3. The van der Waals surface area contributed by atoms with Crippen LogP contribution in [0.25, 0.3) is 0 Å². The Balaban J connectivity index is 2.07. The minimum Gasteiger partial charge on any atom is -0.270 e. The van der Waals surface area contributed by atoms with Crippen LogP contribution >= 0.6 is 11.8 Å². The molecule has 6 heteroatoms. The zero-order valence-electron chi connectivity index (χ0n) is 10.7. The molecule has 0 atom stereocenters. The van der Waals surface area contributed by atoms with E-state index in [9.17, 15) is 9.18 Å². The number of halogens is 1. The fraction of sp³-hybridized carbons (Fsp3) is 0.385. The maximum atomic E-state index is 13.5. The van der Waals surface area contributed by atoms with Crippen molar-refractivity contribution in [1.82, 2.24) is 14.8 Å². The number of thioether (sulfide) groups is 1. The third-order valence-corrected chi connectivity index (χ3v) is 3.80. The first kappa shape index (κ1) is 13.9. The van der Waals surface area contributed by atoms with E-state index < -0.39 is 0 Å². The van der Waals surface area contributed by atoms with E-state index in [1.165, 1.54) is 17.8 Å². The van der Waals surface area contributed by atoms with E-state index in [1.54, 1.807) is 22.8 Å². The molecule has 1 aromatic carbocycles. The van der Waals surface area contributed by atoms with Crippen LogP contribution in [0, 0.1) is 5.82 Å². The number of unbranched alkanes of at least 4 members (excludes halogenated alkanes) is 1. The molecule has 0 saturated heterocycles. The number of hydrogen-bond donors (Lipinski definition) is 1. The van der Waals surface area contributed by atoms with Crippen LogP contribution in [0.2, 0.25) is 0 Å². The van der Waals surface area contributed by atoms with Crippen molar-refractivity contribution < 1.29 is 4.39 Å². The molecule has 1 aromatic heterocycles. The Kier molecular flexibility index (Phi) is 4.79. The number of H-pyrrole nitrogens is 1. The third-order valence-electron chi connectivity index (χ3n) is 2.77. The van der Waals surface area contributed by atoms with Gasteiger partial charge in [-0.05, 0) is 18.1 Å². The summed E-state index contributed by atoms with van der Waals surface area (Å²) in [7, 11) is 0. The molecule has 0 aliphatic heterocycles. The first-order valence-corrected chi connectivity index (χ1v) is 7.22. The summed E-state index contributed by atoms with van der Waals surface area (Å²) in [6.45, 7) is 2.71. The van der Waals surface area contributed by atoms with Crippen LogP contribution in [-0.2, 0) is 12.3 Å². The molecule has 0 aliphatic rings. The molecule has 102 valence electrons. The Morgan fingerprint density at radius 1 is 1.42 bits per heavy atom. The van der Waals surface area contributed by atoms with Crippen molar-refractivity contribution in [2.24, 2.45) is 0 Å². The molecule has 0 unspecified atom stereocenters. The lowest BCUT2D eigenvalue weighted by atomic mass is 10.2. The minimum atomic E-state index is -0.229. The lowest BCUT2D eigenvalue weighted by Gasteiger charge is -2.05. The highest BCUT2D eigenvalue weighted by atomic mass is 32.2. The van der Waals surface area contributed by atoms with E-state index in [2.05, 4.69) is 17.1 Å². The molecule has 0 radical (unpaired) electrons. The SMILES string of the molecule is CCCCn1c(SCc2ccccc2F)n[nH]c1=O. The van der Waals surface area contributed by atoms with Gasteiger partial charge < -0.3 is 0 Å².